The van der Waals surface area contributed by atoms with E-state index in [9.17, 15) is 13.2 Å². The average Bonchev–Trinajstić information content (AvgIpc) is 3.11. The van der Waals surface area contributed by atoms with Gasteiger partial charge in [-0.2, -0.15) is 13.2 Å². The van der Waals surface area contributed by atoms with Crippen molar-refractivity contribution in [2.45, 2.75) is 25.1 Å². The molecule has 0 atom stereocenters. The minimum absolute atomic E-state index is 0.0673. The van der Waals surface area contributed by atoms with E-state index in [0.717, 1.165) is 18.9 Å². The van der Waals surface area contributed by atoms with E-state index < -0.39 is 11.7 Å². The first kappa shape index (κ1) is 12.7. The molecule has 0 aromatic heterocycles. The molecule has 1 aliphatic rings. The molecule has 0 amide bonds. The summed E-state index contributed by atoms with van der Waals surface area (Å²) in [5, 5.41) is 2.57. The molecule has 2 rings (SSSR count). The molecule has 1 fully saturated rings. The highest BCUT2D eigenvalue weighted by Crippen LogP contribution is 2.34. The van der Waals surface area contributed by atoms with Crippen LogP contribution in [0.2, 0.25) is 0 Å². The van der Waals surface area contributed by atoms with Crippen LogP contribution in [0.1, 0.15) is 18.4 Å². The van der Waals surface area contributed by atoms with Crippen molar-refractivity contribution in [1.82, 2.24) is 5.43 Å². The summed E-state index contributed by atoms with van der Waals surface area (Å²) in [6, 6.07) is 5.35. The van der Waals surface area contributed by atoms with Gasteiger partial charge < -0.3 is 5.32 Å². The van der Waals surface area contributed by atoms with Gasteiger partial charge in [0, 0.05) is 0 Å². The quantitative estimate of drug-likeness (QED) is 0.329. The number of para-hydroxylation sites is 1. The van der Waals surface area contributed by atoms with E-state index in [1.54, 1.807) is 0 Å². The minimum atomic E-state index is -4.41. The zero-order chi connectivity index (χ0) is 13.2. The summed E-state index contributed by atoms with van der Waals surface area (Å²) < 4.78 is 38.2. The van der Waals surface area contributed by atoms with Gasteiger partial charge in [0.25, 0.3) is 0 Å². The second-order valence-corrected chi connectivity index (χ2v) is 4.02. The number of hydrazine groups is 1. The molecule has 0 radical (unpaired) electrons. The molecule has 1 saturated carbocycles. The molecule has 18 heavy (non-hydrogen) atoms. The lowest BCUT2D eigenvalue weighted by molar-refractivity contribution is -0.136. The molecule has 0 saturated heterocycles. The van der Waals surface area contributed by atoms with Crippen LogP contribution in [0.3, 0.4) is 0 Å². The summed E-state index contributed by atoms with van der Waals surface area (Å²) in [5.41, 5.74) is 1.46. The van der Waals surface area contributed by atoms with E-state index in [2.05, 4.69) is 15.7 Å². The van der Waals surface area contributed by atoms with Crippen molar-refractivity contribution < 1.29 is 13.2 Å². The largest absolute Gasteiger partial charge is 0.418 e. The van der Waals surface area contributed by atoms with Crippen LogP contribution < -0.4 is 16.6 Å². The van der Waals surface area contributed by atoms with E-state index >= 15 is 0 Å². The number of halogens is 3. The Balaban J connectivity index is 2.22. The van der Waals surface area contributed by atoms with Crippen LogP contribution in [0.5, 0.6) is 0 Å². The van der Waals surface area contributed by atoms with Crippen molar-refractivity contribution in [3.05, 3.63) is 29.8 Å². The second-order valence-electron chi connectivity index (χ2n) is 4.02. The molecule has 0 bridgehead atoms. The number of anilines is 1. The topological polar surface area (TPSA) is 62.4 Å². The Kier molecular flexibility index (Phi) is 3.42. The second kappa shape index (κ2) is 4.85. The van der Waals surface area contributed by atoms with Crippen molar-refractivity contribution in [2.24, 2.45) is 10.8 Å². The Morgan fingerprint density at radius 3 is 2.50 bits per heavy atom. The standard InChI is InChI=1S/C11H13F3N4/c12-11(13,14)8-3-1-2-4-9(8)17-10(18-15)16-7-5-6-7/h1-4,7H,5-6,15H2,(H2,16,17,18). The molecule has 1 aromatic rings. The molecule has 4 N–H and O–H groups in total. The molecule has 1 aliphatic carbocycles. The van der Waals surface area contributed by atoms with Crippen molar-refractivity contribution in [1.29, 1.82) is 0 Å². The molecular formula is C11H13F3N4. The van der Waals surface area contributed by atoms with Crippen molar-refractivity contribution in [3.8, 4) is 0 Å². The number of nitrogens with two attached hydrogens (primary N) is 1. The molecular weight excluding hydrogens is 245 g/mol. The van der Waals surface area contributed by atoms with Gasteiger partial charge in [0.1, 0.15) is 0 Å². The molecule has 98 valence electrons. The fraction of sp³-hybridized carbons (Fsp3) is 0.364. The van der Waals surface area contributed by atoms with Crippen LogP contribution in [0.4, 0.5) is 18.9 Å². The number of nitrogens with one attached hydrogen (secondary N) is 2. The lowest BCUT2D eigenvalue weighted by atomic mass is 10.1. The van der Waals surface area contributed by atoms with Crippen LogP contribution in [-0.2, 0) is 6.18 Å². The first-order valence-electron chi connectivity index (χ1n) is 5.48. The highest BCUT2D eigenvalue weighted by molar-refractivity contribution is 5.94. The van der Waals surface area contributed by atoms with Crippen molar-refractivity contribution in [2.75, 3.05) is 5.32 Å². The Labute approximate surface area is 102 Å². The molecule has 0 unspecified atom stereocenters. The smallest absolute Gasteiger partial charge is 0.325 e. The van der Waals surface area contributed by atoms with Crippen molar-refractivity contribution in [3.63, 3.8) is 0 Å². The Morgan fingerprint density at radius 1 is 1.28 bits per heavy atom. The number of benzene rings is 1. The summed E-state index contributed by atoms with van der Waals surface area (Å²) in [4.78, 5) is 4.13. The monoisotopic (exact) mass is 258 g/mol. The summed E-state index contributed by atoms with van der Waals surface area (Å²) in [5.74, 6) is 5.38. The van der Waals surface area contributed by atoms with Gasteiger partial charge in [0.05, 0.1) is 17.3 Å². The summed E-state index contributed by atoms with van der Waals surface area (Å²) in [6.07, 6.45) is -2.54. The van der Waals surface area contributed by atoms with Gasteiger partial charge in [-0.3, -0.25) is 5.43 Å². The normalized spacial score (nSPS) is 16.6. The van der Waals surface area contributed by atoms with E-state index in [4.69, 9.17) is 5.84 Å². The number of alkyl halides is 3. The SMILES string of the molecule is NNC(=NC1CC1)Nc1ccccc1C(F)(F)F. The maximum atomic E-state index is 12.7. The maximum absolute atomic E-state index is 12.7. The summed E-state index contributed by atoms with van der Waals surface area (Å²) in [6.45, 7) is 0. The Hall–Kier alpha value is -1.76. The highest BCUT2D eigenvalue weighted by atomic mass is 19.4. The van der Waals surface area contributed by atoms with Gasteiger partial charge >= 0.3 is 6.18 Å². The number of guanidine groups is 1. The number of rotatable bonds is 2. The lowest BCUT2D eigenvalue weighted by Crippen LogP contribution is -2.37. The zero-order valence-electron chi connectivity index (χ0n) is 9.46. The van der Waals surface area contributed by atoms with Gasteiger partial charge in [-0.05, 0) is 25.0 Å². The molecule has 1 aromatic carbocycles. The van der Waals surface area contributed by atoms with E-state index in [1.807, 2.05) is 0 Å². The minimum Gasteiger partial charge on any atom is -0.325 e. The third-order valence-corrected chi connectivity index (χ3v) is 2.48. The summed E-state index contributed by atoms with van der Waals surface area (Å²) >= 11 is 0. The first-order valence-corrected chi connectivity index (χ1v) is 5.48. The predicted molar refractivity (Wildman–Crippen MR) is 62.8 cm³/mol. The zero-order valence-corrected chi connectivity index (χ0v) is 9.46. The molecule has 0 heterocycles. The van der Waals surface area contributed by atoms with Gasteiger partial charge in [-0.1, -0.05) is 12.1 Å². The maximum Gasteiger partial charge on any atom is 0.418 e. The molecule has 7 heteroatoms. The van der Waals surface area contributed by atoms with Gasteiger partial charge in [-0.25, -0.2) is 10.8 Å². The van der Waals surface area contributed by atoms with Crippen LogP contribution in [-0.4, -0.2) is 12.0 Å². The Bertz CT molecular complexity index is 452. The molecule has 0 aliphatic heterocycles. The predicted octanol–water partition coefficient (Wildman–Crippen LogP) is 2.10. The fourth-order valence-corrected chi connectivity index (χ4v) is 1.46. The number of hydrogen-bond acceptors (Lipinski definition) is 2. The third kappa shape index (κ3) is 3.13. The van der Waals surface area contributed by atoms with Crippen LogP contribution in [0, 0.1) is 0 Å². The molecule has 0 spiro atoms. The van der Waals surface area contributed by atoms with Crippen molar-refractivity contribution >= 4 is 11.6 Å². The number of aliphatic imine (C=N–C) groups is 1. The summed E-state index contributed by atoms with van der Waals surface area (Å²) in [7, 11) is 0. The van der Waals surface area contributed by atoms with E-state index in [0.29, 0.717) is 0 Å². The van der Waals surface area contributed by atoms with Crippen LogP contribution in [0.15, 0.2) is 29.3 Å². The van der Waals surface area contributed by atoms with Gasteiger partial charge in [0.2, 0.25) is 5.96 Å². The molecule has 4 nitrogen and oxygen atoms in total. The fourth-order valence-electron chi connectivity index (χ4n) is 1.46. The van der Waals surface area contributed by atoms with E-state index in [-0.39, 0.29) is 17.7 Å². The van der Waals surface area contributed by atoms with Crippen LogP contribution in [0.25, 0.3) is 0 Å². The van der Waals surface area contributed by atoms with Gasteiger partial charge in [0.15, 0.2) is 0 Å². The third-order valence-electron chi connectivity index (χ3n) is 2.48. The number of nitrogens with zero attached hydrogens (tertiary/aromatic N) is 1. The van der Waals surface area contributed by atoms with E-state index in [1.165, 1.54) is 18.2 Å². The van der Waals surface area contributed by atoms with Crippen LogP contribution >= 0.6 is 0 Å². The number of hydrogen-bond donors (Lipinski definition) is 3. The average molecular weight is 258 g/mol. The van der Waals surface area contributed by atoms with Gasteiger partial charge in [-0.15, -0.1) is 0 Å². The first-order chi connectivity index (χ1) is 8.50. The lowest BCUT2D eigenvalue weighted by Gasteiger charge is -2.15. The highest BCUT2D eigenvalue weighted by Gasteiger charge is 2.33. The Morgan fingerprint density at radius 2 is 1.94 bits per heavy atom.